The maximum Gasteiger partial charge on any atom is 0.264 e. The van der Waals surface area contributed by atoms with Crippen molar-refractivity contribution in [3.63, 3.8) is 0 Å². The first kappa shape index (κ1) is 9.18. The van der Waals surface area contributed by atoms with Crippen LogP contribution in [0.5, 0.6) is 0 Å². The smallest absolute Gasteiger partial charge is 0.264 e. The summed E-state index contributed by atoms with van der Waals surface area (Å²) < 4.78 is 0.700. The number of hydrogen-bond acceptors (Lipinski definition) is 2. The number of nitrogens with one attached hydrogen (secondary N) is 1. The van der Waals surface area contributed by atoms with Gasteiger partial charge in [-0.3, -0.25) is 4.79 Å². The molecular weight excluding hydrogens is 279 g/mol. The Bertz CT molecular complexity index is 407. The minimum absolute atomic E-state index is 0.00350. The molecule has 1 saturated carbocycles. The van der Waals surface area contributed by atoms with E-state index >= 15 is 0 Å². The molecule has 0 spiro atoms. The number of hydrogen-bond donors (Lipinski definition) is 1. The predicted molar refractivity (Wildman–Crippen MR) is 58.9 cm³/mol. The molecule has 0 aromatic carbocycles. The van der Waals surface area contributed by atoms with Gasteiger partial charge in [0.1, 0.15) is 5.82 Å². The average molecular weight is 290 g/mol. The van der Waals surface area contributed by atoms with E-state index in [9.17, 15) is 4.79 Å². The van der Waals surface area contributed by atoms with E-state index in [0.29, 0.717) is 3.57 Å². The van der Waals surface area contributed by atoms with Gasteiger partial charge in [0, 0.05) is 5.41 Å². The zero-order valence-electron chi connectivity index (χ0n) is 7.65. The van der Waals surface area contributed by atoms with Gasteiger partial charge in [-0.25, -0.2) is 4.98 Å². The third-order valence-corrected chi connectivity index (χ3v) is 3.87. The van der Waals surface area contributed by atoms with Gasteiger partial charge in [-0.2, -0.15) is 0 Å². The molecule has 0 saturated heterocycles. The summed E-state index contributed by atoms with van der Waals surface area (Å²) in [6.45, 7) is 4.02. The SMILES string of the molecule is Cc1nc(C2(C)CC2)[nH]c(=O)c1I. The third-order valence-electron chi connectivity index (χ3n) is 2.60. The fourth-order valence-electron chi connectivity index (χ4n) is 1.28. The van der Waals surface area contributed by atoms with E-state index in [1.807, 2.05) is 29.5 Å². The van der Waals surface area contributed by atoms with Crippen LogP contribution in [0.4, 0.5) is 0 Å². The number of aromatic nitrogens is 2. The van der Waals surface area contributed by atoms with Gasteiger partial charge >= 0.3 is 0 Å². The van der Waals surface area contributed by atoms with E-state index < -0.39 is 0 Å². The molecule has 2 rings (SSSR count). The molecule has 1 fully saturated rings. The van der Waals surface area contributed by atoms with E-state index in [0.717, 1.165) is 24.4 Å². The Kier molecular flexibility index (Phi) is 1.98. The Morgan fingerprint density at radius 3 is 2.62 bits per heavy atom. The van der Waals surface area contributed by atoms with Crippen molar-refractivity contribution in [2.24, 2.45) is 0 Å². The van der Waals surface area contributed by atoms with Crippen LogP contribution in [0.2, 0.25) is 0 Å². The van der Waals surface area contributed by atoms with Crippen LogP contribution in [0.1, 0.15) is 31.3 Å². The van der Waals surface area contributed by atoms with Crippen LogP contribution in [0.3, 0.4) is 0 Å². The van der Waals surface area contributed by atoms with Gasteiger partial charge in [-0.05, 0) is 42.4 Å². The Balaban J connectivity index is 2.56. The van der Waals surface area contributed by atoms with Crippen LogP contribution < -0.4 is 5.56 Å². The van der Waals surface area contributed by atoms with Crippen LogP contribution in [-0.2, 0) is 5.41 Å². The predicted octanol–water partition coefficient (Wildman–Crippen LogP) is 1.73. The van der Waals surface area contributed by atoms with Crippen LogP contribution >= 0.6 is 22.6 Å². The molecule has 1 aromatic rings. The Labute approximate surface area is 90.1 Å². The van der Waals surface area contributed by atoms with Gasteiger partial charge in [0.25, 0.3) is 5.56 Å². The van der Waals surface area contributed by atoms with Crippen molar-refractivity contribution in [3.05, 3.63) is 25.4 Å². The molecule has 1 N–H and O–H groups in total. The highest BCUT2D eigenvalue weighted by Crippen LogP contribution is 2.45. The summed E-state index contributed by atoms with van der Waals surface area (Å²) in [5.41, 5.74) is 0.984. The van der Waals surface area contributed by atoms with Crippen LogP contribution in [0.25, 0.3) is 0 Å². The second kappa shape index (κ2) is 2.80. The average Bonchev–Trinajstić information content (AvgIpc) is 2.80. The third kappa shape index (κ3) is 1.51. The largest absolute Gasteiger partial charge is 0.309 e. The second-order valence-corrected chi connectivity index (χ2v) is 4.95. The summed E-state index contributed by atoms with van der Waals surface area (Å²) in [5, 5.41) is 0. The maximum absolute atomic E-state index is 11.4. The zero-order chi connectivity index (χ0) is 9.64. The van der Waals surface area contributed by atoms with Gasteiger partial charge < -0.3 is 4.98 Å². The lowest BCUT2D eigenvalue weighted by Gasteiger charge is -2.08. The molecule has 0 bridgehead atoms. The van der Waals surface area contributed by atoms with Gasteiger partial charge in [-0.15, -0.1) is 0 Å². The van der Waals surface area contributed by atoms with Gasteiger partial charge in [0.15, 0.2) is 0 Å². The van der Waals surface area contributed by atoms with E-state index in [4.69, 9.17) is 0 Å². The number of aromatic amines is 1. The second-order valence-electron chi connectivity index (χ2n) is 3.87. The minimum atomic E-state index is -0.00350. The van der Waals surface area contributed by atoms with Gasteiger partial charge in [0.05, 0.1) is 9.26 Å². The number of aryl methyl sites for hydroxylation is 1. The molecule has 1 aromatic heterocycles. The summed E-state index contributed by atoms with van der Waals surface area (Å²) in [4.78, 5) is 18.7. The van der Waals surface area contributed by atoms with E-state index in [1.54, 1.807) is 0 Å². The van der Waals surface area contributed by atoms with Crippen molar-refractivity contribution in [2.75, 3.05) is 0 Å². The number of nitrogens with zero attached hydrogens (tertiary/aromatic N) is 1. The Hall–Kier alpha value is -0.390. The van der Waals surface area contributed by atoms with E-state index in [1.165, 1.54) is 0 Å². The zero-order valence-corrected chi connectivity index (χ0v) is 9.81. The van der Waals surface area contributed by atoms with Crippen molar-refractivity contribution in [1.82, 2.24) is 9.97 Å². The normalized spacial score (nSPS) is 18.7. The quantitative estimate of drug-likeness (QED) is 0.801. The maximum atomic E-state index is 11.4. The molecule has 1 heterocycles. The molecule has 0 aliphatic heterocycles. The van der Waals surface area contributed by atoms with Crippen LogP contribution in [0.15, 0.2) is 4.79 Å². The molecule has 4 heteroatoms. The molecule has 3 nitrogen and oxygen atoms in total. The number of rotatable bonds is 1. The molecule has 13 heavy (non-hydrogen) atoms. The van der Waals surface area contributed by atoms with E-state index in [-0.39, 0.29) is 11.0 Å². The van der Waals surface area contributed by atoms with Crippen molar-refractivity contribution in [1.29, 1.82) is 0 Å². The standard InChI is InChI=1S/C9H11IN2O/c1-5-6(10)7(13)12-8(11-5)9(2)3-4-9/h3-4H2,1-2H3,(H,11,12,13). The summed E-state index contributed by atoms with van der Waals surface area (Å²) in [6.07, 6.45) is 2.27. The molecule has 70 valence electrons. The van der Waals surface area contributed by atoms with Crippen molar-refractivity contribution in [2.45, 2.75) is 32.1 Å². The van der Waals surface area contributed by atoms with Crippen LogP contribution in [0, 0.1) is 10.5 Å². The lowest BCUT2D eigenvalue weighted by Crippen LogP contribution is -2.20. The lowest BCUT2D eigenvalue weighted by atomic mass is 10.1. The Morgan fingerprint density at radius 2 is 2.15 bits per heavy atom. The van der Waals surface area contributed by atoms with Crippen molar-refractivity contribution >= 4 is 22.6 Å². The molecule has 0 radical (unpaired) electrons. The molecule has 1 aliphatic carbocycles. The Morgan fingerprint density at radius 1 is 1.54 bits per heavy atom. The highest BCUT2D eigenvalue weighted by atomic mass is 127. The molecule has 1 aliphatic rings. The highest BCUT2D eigenvalue weighted by Gasteiger charge is 2.41. The first-order valence-corrected chi connectivity index (χ1v) is 5.38. The van der Waals surface area contributed by atoms with Crippen molar-refractivity contribution in [3.8, 4) is 0 Å². The molecule has 0 unspecified atom stereocenters. The fraction of sp³-hybridized carbons (Fsp3) is 0.556. The van der Waals surface area contributed by atoms with Crippen molar-refractivity contribution < 1.29 is 0 Å². The summed E-state index contributed by atoms with van der Waals surface area (Å²) in [6, 6.07) is 0. The minimum Gasteiger partial charge on any atom is -0.309 e. The first-order valence-electron chi connectivity index (χ1n) is 4.30. The van der Waals surface area contributed by atoms with Gasteiger partial charge in [0.2, 0.25) is 0 Å². The molecule has 0 atom stereocenters. The lowest BCUT2D eigenvalue weighted by molar-refractivity contribution is 0.694. The fourth-order valence-corrected chi connectivity index (χ4v) is 1.54. The number of halogens is 1. The van der Waals surface area contributed by atoms with Crippen LogP contribution in [-0.4, -0.2) is 9.97 Å². The monoisotopic (exact) mass is 290 g/mol. The first-order chi connectivity index (χ1) is 6.03. The highest BCUT2D eigenvalue weighted by molar-refractivity contribution is 14.1. The topological polar surface area (TPSA) is 45.8 Å². The molecule has 0 amide bonds. The van der Waals surface area contributed by atoms with E-state index in [2.05, 4.69) is 16.9 Å². The van der Waals surface area contributed by atoms with Gasteiger partial charge in [-0.1, -0.05) is 6.92 Å². The summed E-state index contributed by atoms with van der Waals surface area (Å²) >= 11 is 2.03. The number of H-pyrrole nitrogens is 1. The summed E-state index contributed by atoms with van der Waals surface area (Å²) in [5.74, 6) is 0.857. The summed E-state index contributed by atoms with van der Waals surface area (Å²) in [7, 11) is 0. The molecular formula is C9H11IN2O.